The van der Waals surface area contributed by atoms with Crippen LogP contribution in [0.1, 0.15) is 75.8 Å². The Labute approximate surface area is 241 Å². The minimum Gasteiger partial charge on any atom is -0.479 e. The van der Waals surface area contributed by atoms with Gasteiger partial charge in [0, 0.05) is 55.6 Å². The third-order valence-corrected chi connectivity index (χ3v) is 10.5. The fourth-order valence-electron chi connectivity index (χ4n) is 7.82. The van der Waals surface area contributed by atoms with Crippen molar-refractivity contribution in [3.8, 4) is 0 Å². The van der Waals surface area contributed by atoms with Crippen molar-refractivity contribution in [1.82, 2.24) is 9.80 Å². The first kappa shape index (κ1) is 29.0. The maximum atomic E-state index is 13.6. The Hall–Kier alpha value is -1.51. The molecule has 1 aromatic carbocycles. The highest BCUT2D eigenvalue weighted by molar-refractivity contribution is 7.08. The molecule has 0 bridgehead atoms. The van der Waals surface area contributed by atoms with Gasteiger partial charge in [-0.05, 0) is 78.1 Å². The molecule has 1 spiro atoms. The molecule has 3 aliphatic heterocycles. The lowest BCUT2D eigenvalue weighted by molar-refractivity contribution is -0.163. The number of ether oxygens (including phenoxy) is 1. The van der Waals surface area contributed by atoms with Crippen molar-refractivity contribution < 1.29 is 19.0 Å². The molecule has 1 aromatic heterocycles. The minimum absolute atomic E-state index is 0.241. The molecule has 39 heavy (non-hydrogen) atoms. The van der Waals surface area contributed by atoms with E-state index in [1.165, 1.54) is 17.7 Å². The van der Waals surface area contributed by atoms with Crippen LogP contribution >= 0.6 is 22.9 Å². The number of hydrogen-bond donors (Lipinski definition) is 1. The molecule has 1 unspecified atom stereocenters. The van der Waals surface area contributed by atoms with Crippen LogP contribution in [0.25, 0.3) is 0 Å². The molecule has 214 valence electrons. The van der Waals surface area contributed by atoms with Gasteiger partial charge in [-0.3, -0.25) is 4.90 Å². The van der Waals surface area contributed by atoms with Gasteiger partial charge in [0.1, 0.15) is 5.82 Å². The van der Waals surface area contributed by atoms with Crippen molar-refractivity contribution >= 4 is 28.9 Å². The number of aliphatic carboxylic acids is 1. The van der Waals surface area contributed by atoms with E-state index in [1.54, 1.807) is 17.4 Å². The van der Waals surface area contributed by atoms with E-state index in [4.69, 9.17) is 16.3 Å². The minimum atomic E-state index is -0.790. The van der Waals surface area contributed by atoms with Gasteiger partial charge in [0.2, 0.25) is 0 Å². The van der Waals surface area contributed by atoms with Gasteiger partial charge in [-0.25, -0.2) is 9.18 Å². The van der Waals surface area contributed by atoms with Crippen LogP contribution in [0, 0.1) is 17.2 Å². The number of carboxylic acids is 1. The Balaban J connectivity index is 1.25. The van der Waals surface area contributed by atoms with E-state index < -0.39 is 12.1 Å². The van der Waals surface area contributed by atoms with E-state index in [0.29, 0.717) is 16.9 Å². The van der Waals surface area contributed by atoms with Gasteiger partial charge in [0.05, 0.1) is 5.60 Å². The van der Waals surface area contributed by atoms with Crippen molar-refractivity contribution in [3.63, 3.8) is 0 Å². The van der Waals surface area contributed by atoms with E-state index in [1.807, 2.05) is 0 Å². The monoisotopic (exact) mass is 576 g/mol. The molecule has 0 aliphatic carbocycles. The third-order valence-electron chi connectivity index (χ3n) is 9.48. The molecular formula is C31H42ClFN2O3S. The molecule has 8 heteroatoms. The summed E-state index contributed by atoms with van der Waals surface area (Å²) in [6.45, 7) is 9.87. The van der Waals surface area contributed by atoms with Crippen molar-refractivity contribution in [1.29, 1.82) is 0 Å². The molecule has 1 N–H and O–H groups in total. The Morgan fingerprint density at radius 1 is 1.15 bits per heavy atom. The summed E-state index contributed by atoms with van der Waals surface area (Å²) in [5.74, 6) is -0.151. The molecule has 2 aromatic rings. The van der Waals surface area contributed by atoms with E-state index in [2.05, 4.69) is 40.5 Å². The maximum absolute atomic E-state index is 13.6. The Morgan fingerprint density at radius 3 is 2.51 bits per heavy atom. The molecule has 3 fully saturated rings. The van der Waals surface area contributed by atoms with Gasteiger partial charge in [0.25, 0.3) is 0 Å². The number of thiophene rings is 1. The zero-order valence-electron chi connectivity index (χ0n) is 23.2. The first-order valence-electron chi connectivity index (χ1n) is 14.6. The summed E-state index contributed by atoms with van der Waals surface area (Å²) in [4.78, 5) is 17.3. The highest BCUT2D eigenvalue weighted by Gasteiger charge is 2.58. The van der Waals surface area contributed by atoms with Crippen molar-refractivity contribution in [2.75, 3.05) is 32.7 Å². The fourth-order valence-corrected chi connectivity index (χ4v) is 8.77. The number of piperidine rings is 1. The number of carbonyl (C=O) groups is 1. The summed E-state index contributed by atoms with van der Waals surface area (Å²) in [6.07, 6.45) is 5.80. The predicted octanol–water partition coefficient (Wildman–Crippen LogP) is 7.05. The summed E-state index contributed by atoms with van der Waals surface area (Å²) in [7, 11) is 0. The summed E-state index contributed by atoms with van der Waals surface area (Å²) >= 11 is 8.11. The number of rotatable bonds is 10. The first-order chi connectivity index (χ1) is 18.8. The standard InChI is InChI=1S/C31H42ClFN2O3S/c1-3-8-30(9-4-2)21-31(38-28(30)29(36)37)10-12-34(13-11-31)17-24-18-35(19-26(24)23-7-14-39-20-23)16-22-5-6-25(33)15-27(22)32/h5-7,14-15,20,24,26,28H,3-4,8-13,16-19,21H2,1-2H3,(H,36,37)/t24-,26+,28?/m0/s1. The molecule has 3 saturated heterocycles. The topological polar surface area (TPSA) is 53.0 Å². The van der Waals surface area contributed by atoms with Crippen LogP contribution < -0.4 is 0 Å². The van der Waals surface area contributed by atoms with Crippen LogP contribution in [-0.4, -0.2) is 65.3 Å². The van der Waals surface area contributed by atoms with Gasteiger partial charge in [0.15, 0.2) is 6.10 Å². The van der Waals surface area contributed by atoms with Crippen LogP contribution in [0.5, 0.6) is 0 Å². The van der Waals surface area contributed by atoms with Gasteiger partial charge in [-0.1, -0.05) is 44.4 Å². The van der Waals surface area contributed by atoms with Gasteiger partial charge in [-0.2, -0.15) is 11.3 Å². The molecule has 0 saturated carbocycles. The molecule has 5 rings (SSSR count). The smallest absolute Gasteiger partial charge is 0.333 e. The largest absolute Gasteiger partial charge is 0.479 e. The van der Waals surface area contributed by atoms with E-state index >= 15 is 0 Å². The second-order valence-electron chi connectivity index (χ2n) is 12.2. The number of halogens is 2. The second-order valence-corrected chi connectivity index (χ2v) is 13.4. The first-order valence-corrected chi connectivity index (χ1v) is 15.9. The maximum Gasteiger partial charge on any atom is 0.333 e. The zero-order chi connectivity index (χ0) is 27.6. The van der Waals surface area contributed by atoms with Crippen molar-refractivity contribution in [2.45, 2.75) is 83.0 Å². The number of likely N-dealkylation sites (tertiary alicyclic amines) is 2. The van der Waals surface area contributed by atoms with Gasteiger partial charge >= 0.3 is 5.97 Å². The average Bonchev–Trinajstić information content (AvgIpc) is 3.62. The summed E-state index contributed by atoms with van der Waals surface area (Å²) < 4.78 is 20.1. The van der Waals surface area contributed by atoms with E-state index in [9.17, 15) is 14.3 Å². The van der Waals surface area contributed by atoms with E-state index in [-0.39, 0.29) is 16.8 Å². The van der Waals surface area contributed by atoms with Crippen molar-refractivity contribution in [3.05, 3.63) is 57.0 Å². The van der Waals surface area contributed by atoms with Crippen molar-refractivity contribution in [2.24, 2.45) is 11.3 Å². The summed E-state index contributed by atoms with van der Waals surface area (Å²) in [5.41, 5.74) is 1.82. The number of carboxylic acid groups (broad SMARTS) is 1. The lowest BCUT2D eigenvalue weighted by Crippen LogP contribution is -2.46. The third kappa shape index (κ3) is 6.23. The number of hydrogen-bond acceptors (Lipinski definition) is 5. The number of benzene rings is 1. The van der Waals surface area contributed by atoms with Crippen LogP contribution in [0.15, 0.2) is 35.0 Å². The highest BCUT2D eigenvalue weighted by Crippen LogP contribution is 2.54. The predicted molar refractivity (Wildman–Crippen MR) is 155 cm³/mol. The fraction of sp³-hybridized carbons (Fsp3) is 0.645. The van der Waals surface area contributed by atoms with Gasteiger partial charge in [-0.15, -0.1) is 0 Å². The molecule has 0 radical (unpaired) electrons. The Kier molecular flexibility index (Phi) is 9.04. The van der Waals surface area contributed by atoms with Crippen LogP contribution in [0.2, 0.25) is 5.02 Å². The Bertz CT molecular complexity index is 1120. The molecule has 5 nitrogen and oxygen atoms in total. The van der Waals surface area contributed by atoms with Crippen LogP contribution in [0.3, 0.4) is 0 Å². The molecule has 4 heterocycles. The normalized spacial score (nSPS) is 26.9. The lowest BCUT2D eigenvalue weighted by Gasteiger charge is -2.40. The molecule has 0 amide bonds. The van der Waals surface area contributed by atoms with Gasteiger partial charge < -0.3 is 14.7 Å². The Morgan fingerprint density at radius 2 is 1.90 bits per heavy atom. The summed E-state index contributed by atoms with van der Waals surface area (Å²) in [6, 6.07) is 6.95. The van der Waals surface area contributed by atoms with Crippen LogP contribution in [-0.2, 0) is 16.1 Å². The molecular weight excluding hydrogens is 535 g/mol. The van der Waals surface area contributed by atoms with E-state index in [0.717, 1.165) is 89.8 Å². The molecule has 3 aliphatic rings. The molecule has 3 atom stereocenters. The average molecular weight is 577 g/mol. The SMILES string of the molecule is CCCC1(CCC)CC2(CCN(C[C@H]3CN(Cc4ccc(F)cc4Cl)C[C@@H]3c3ccsc3)CC2)OC1C(=O)O. The highest BCUT2D eigenvalue weighted by atomic mass is 35.5. The van der Waals surface area contributed by atoms with Crippen LogP contribution in [0.4, 0.5) is 4.39 Å². The lowest BCUT2D eigenvalue weighted by atomic mass is 9.69. The quantitative estimate of drug-likeness (QED) is 0.328. The summed E-state index contributed by atoms with van der Waals surface area (Å²) in [5, 5.41) is 15.0. The number of nitrogens with zero attached hydrogens (tertiary/aromatic N) is 2. The zero-order valence-corrected chi connectivity index (χ0v) is 24.8. The second kappa shape index (κ2) is 12.2.